The highest BCUT2D eigenvalue weighted by Gasteiger charge is 2.26. The van der Waals surface area contributed by atoms with Gasteiger partial charge in [0.05, 0.1) is 0 Å². The molecule has 106 valence electrons. The molecule has 0 unspecified atom stereocenters. The summed E-state index contributed by atoms with van der Waals surface area (Å²) < 4.78 is 7.02. The molecule has 3 rings (SSSR count). The number of benzene rings is 1. The second-order valence-corrected chi connectivity index (χ2v) is 4.94. The van der Waals surface area contributed by atoms with Crippen LogP contribution in [0.2, 0.25) is 0 Å². The molecule has 0 saturated carbocycles. The maximum atomic E-state index is 10.5. The number of nitrogens with one attached hydrogen (secondary N) is 1. The third kappa shape index (κ3) is 2.99. The van der Waals surface area contributed by atoms with Gasteiger partial charge in [-0.25, -0.2) is 4.98 Å². The van der Waals surface area contributed by atoms with Gasteiger partial charge in [-0.1, -0.05) is 6.07 Å². The zero-order chi connectivity index (χ0) is 14.9. The van der Waals surface area contributed by atoms with E-state index in [1.165, 1.54) is 23.6 Å². The van der Waals surface area contributed by atoms with Gasteiger partial charge in [-0.3, -0.25) is 10.1 Å². The van der Waals surface area contributed by atoms with Crippen LogP contribution in [-0.4, -0.2) is 15.5 Å². The summed E-state index contributed by atoms with van der Waals surface area (Å²) in [7, 11) is 1.82. The van der Waals surface area contributed by atoms with Crippen LogP contribution < -0.4 is 10.1 Å². The smallest absolute Gasteiger partial charge is 0.223 e. The minimum Gasteiger partial charge on any atom is -0.449 e. The summed E-state index contributed by atoms with van der Waals surface area (Å²) in [6, 6.07) is 2.17. The van der Waals surface area contributed by atoms with Crippen molar-refractivity contribution in [1.29, 1.82) is 0 Å². The van der Waals surface area contributed by atoms with Crippen molar-refractivity contribution in [1.82, 2.24) is 9.55 Å². The molecule has 0 bridgehead atoms. The Bertz CT molecular complexity index is 656. The minimum atomic E-state index is -0.102. The van der Waals surface area contributed by atoms with Crippen LogP contribution in [0, 0.1) is 20.8 Å². The van der Waals surface area contributed by atoms with E-state index in [4.69, 9.17) is 4.74 Å². The Labute approximate surface area is 118 Å². The summed E-state index contributed by atoms with van der Waals surface area (Å²) in [6.45, 7) is 7.75. The molecule has 5 heteroatoms. The first-order valence-corrected chi connectivity index (χ1v) is 6.43. The van der Waals surface area contributed by atoms with Crippen LogP contribution in [0.4, 0.5) is 5.95 Å². The van der Waals surface area contributed by atoms with E-state index in [0.717, 1.165) is 11.5 Å². The fourth-order valence-electron chi connectivity index (χ4n) is 1.90. The predicted octanol–water partition coefficient (Wildman–Crippen LogP) is 3.10. The molecule has 0 spiro atoms. The maximum Gasteiger partial charge on any atom is 0.223 e. The molecule has 20 heavy (non-hydrogen) atoms. The van der Waals surface area contributed by atoms with Crippen LogP contribution in [0.5, 0.6) is 11.5 Å². The summed E-state index contributed by atoms with van der Waals surface area (Å²) in [4.78, 5) is 14.4. The monoisotopic (exact) mass is 273 g/mol. The third-order valence-corrected chi connectivity index (χ3v) is 3.20. The lowest BCUT2D eigenvalue weighted by atomic mass is 10.1. The lowest BCUT2D eigenvalue weighted by molar-refractivity contribution is -0.114. The zero-order valence-corrected chi connectivity index (χ0v) is 12.4. The molecule has 1 aromatic carbocycles. The normalized spacial score (nSPS) is 10.8. The van der Waals surface area contributed by atoms with Crippen LogP contribution in [-0.2, 0) is 11.8 Å². The highest BCUT2D eigenvalue weighted by atomic mass is 16.6. The molecule has 1 amide bonds. The van der Waals surface area contributed by atoms with Gasteiger partial charge in [0, 0.05) is 26.4 Å². The van der Waals surface area contributed by atoms with Crippen molar-refractivity contribution in [2.24, 2.45) is 7.05 Å². The highest BCUT2D eigenvalue weighted by Crippen LogP contribution is 2.51. The minimum absolute atomic E-state index is 0.102. The fourth-order valence-corrected chi connectivity index (χ4v) is 1.90. The molecule has 1 aromatic heterocycles. The van der Waals surface area contributed by atoms with Crippen LogP contribution in [0.3, 0.4) is 0 Å². The molecular formula is C15H19N3O2. The molecule has 2 aromatic rings. The van der Waals surface area contributed by atoms with Crippen molar-refractivity contribution >= 4 is 11.9 Å². The second-order valence-electron chi connectivity index (χ2n) is 4.94. The van der Waals surface area contributed by atoms with Crippen LogP contribution in [0.1, 0.15) is 23.6 Å². The van der Waals surface area contributed by atoms with Gasteiger partial charge >= 0.3 is 0 Å². The van der Waals surface area contributed by atoms with Crippen molar-refractivity contribution in [3.05, 3.63) is 35.2 Å². The van der Waals surface area contributed by atoms with Crippen molar-refractivity contribution in [2.75, 3.05) is 5.32 Å². The topological polar surface area (TPSA) is 59.5 Å². The van der Waals surface area contributed by atoms with Gasteiger partial charge in [0.2, 0.25) is 11.9 Å². The van der Waals surface area contributed by atoms with Gasteiger partial charge in [0.1, 0.15) is 0 Å². The number of nitrogens with zero attached hydrogens (tertiary/aromatic N) is 2. The molecule has 2 heterocycles. The summed E-state index contributed by atoms with van der Waals surface area (Å²) >= 11 is 0. The number of hydrogen-bond donors (Lipinski definition) is 1. The Hall–Kier alpha value is -2.30. The Morgan fingerprint density at radius 2 is 1.95 bits per heavy atom. The van der Waals surface area contributed by atoms with Crippen LogP contribution in [0.15, 0.2) is 18.5 Å². The second kappa shape index (κ2) is 5.36. The van der Waals surface area contributed by atoms with E-state index in [1.807, 2.05) is 7.05 Å². The summed E-state index contributed by atoms with van der Waals surface area (Å²) in [5.74, 6) is 2.68. The highest BCUT2D eigenvalue weighted by molar-refractivity contribution is 5.86. The molecule has 1 aliphatic heterocycles. The summed E-state index contributed by atoms with van der Waals surface area (Å²) in [5, 5.41) is 2.57. The van der Waals surface area contributed by atoms with Gasteiger partial charge in [0.25, 0.3) is 0 Å². The van der Waals surface area contributed by atoms with Crippen LogP contribution in [0.25, 0.3) is 0 Å². The average molecular weight is 273 g/mol. The number of aromatic nitrogens is 2. The average Bonchev–Trinajstić information content (AvgIpc) is 3.08. The number of imidazole rings is 1. The third-order valence-electron chi connectivity index (χ3n) is 3.20. The maximum absolute atomic E-state index is 10.5. The Balaban J connectivity index is 0.000000147. The van der Waals surface area contributed by atoms with E-state index >= 15 is 0 Å². The number of carbonyl (C=O) groups is 1. The number of ether oxygens (including phenoxy) is 1. The Morgan fingerprint density at radius 1 is 1.25 bits per heavy atom. The molecular weight excluding hydrogens is 254 g/mol. The van der Waals surface area contributed by atoms with Gasteiger partial charge < -0.3 is 9.30 Å². The molecule has 0 atom stereocenters. The first-order valence-electron chi connectivity index (χ1n) is 6.43. The number of carbonyl (C=O) groups excluding carboxylic acids is 1. The largest absolute Gasteiger partial charge is 0.449 e. The van der Waals surface area contributed by atoms with Gasteiger partial charge in [0.15, 0.2) is 11.5 Å². The van der Waals surface area contributed by atoms with Crippen molar-refractivity contribution in [3.63, 3.8) is 0 Å². The SMILES string of the molecule is CC(=O)Nc1nccn1C.Cc1cc(C)c2c(c1C)O2. The Kier molecular flexibility index (Phi) is 3.79. The molecule has 0 radical (unpaired) electrons. The van der Waals surface area contributed by atoms with Gasteiger partial charge in [-0.15, -0.1) is 0 Å². The summed E-state index contributed by atoms with van der Waals surface area (Å²) in [5.41, 5.74) is 3.88. The lowest BCUT2D eigenvalue weighted by Gasteiger charge is -1.99. The molecule has 1 aliphatic rings. The van der Waals surface area contributed by atoms with Gasteiger partial charge in [-0.05, 0) is 37.5 Å². The van der Waals surface area contributed by atoms with E-state index in [0.29, 0.717) is 5.95 Å². The number of aryl methyl sites for hydroxylation is 3. The Morgan fingerprint density at radius 3 is 2.50 bits per heavy atom. The first-order chi connectivity index (χ1) is 9.40. The predicted molar refractivity (Wildman–Crippen MR) is 78.2 cm³/mol. The number of anilines is 1. The van der Waals surface area contributed by atoms with Gasteiger partial charge in [-0.2, -0.15) is 0 Å². The number of hydrogen-bond acceptors (Lipinski definition) is 3. The van der Waals surface area contributed by atoms with Crippen LogP contribution >= 0.6 is 0 Å². The van der Waals surface area contributed by atoms with E-state index in [-0.39, 0.29) is 5.91 Å². The zero-order valence-electron chi connectivity index (χ0n) is 12.4. The number of rotatable bonds is 1. The lowest BCUT2D eigenvalue weighted by Crippen LogP contribution is -2.09. The number of amides is 1. The van der Waals surface area contributed by atoms with Crippen molar-refractivity contribution in [3.8, 4) is 11.5 Å². The van der Waals surface area contributed by atoms with E-state index in [2.05, 4.69) is 37.1 Å². The summed E-state index contributed by atoms with van der Waals surface area (Å²) in [6.07, 6.45) is 3.40. The molecule has 1 N–H and O–H groups in total. The molecule has 5 nitrogen and oxygen atoms in total. The van der Waals surface area contributed by atoms with E-state index < -0.39 is 0 Å². The van der Waals surface area contributed by atoms with Crippen molar-refractivity contribution in [2.45, 2.75) is 27.7 Å². The van der Waals surface area contributed by atoms with E-state index in [1.54, 1.807) is 17.0 Å². The fraction of sp³-hybridized carbons (Fsp3) is 0.333. The number of fused-ring (bicyclic) bond motifs is 1. The quantitative estimate of drug-likeness (QED) is 0.693. The van der Waals surface area contributed by atoms with E-state index in [9.17, 15) is 4.79 Å². The molecule has 0 fully saturated rings. The first kappa shape index (κ1) is 14.1. The molecule has 0 aliphatic carbocycles. The van der Waals surface area contributed by atoms with Crippen molar-refractivity contribution < 1.29 is 9.53 Å². The standard InChI is InChI=1S/C9H10O.C6H9N3O/c1-5-4-6(2)8-9(10-8)7(5)3;1-5(10)8-6-7-3-4-9(6)2/h4H,1-3H3;3-4H,1-2H3,(H,7,8,10). The molecule has 0 saturated heterocycles.